The molecular weight excluding hydrogens is 454 g/mol. The van der Waals surface area contributed by atoms with E-state index in [4.69, 9.17) is 4.74 Å². The predicted octanol–water partition coefficient (Wildman–Crippen LogP) is 5.77. The molecule has 2 N–H and O–H groups in total. The van der Waals surface area contributed by atoms with E-state index in [9.17, 15) is 14.4 Å². The average Bonchev–Trinajstić information content (AvgIpc) is 2.75. The van der Waals surface area contributed by atoms with Crippen LogP contribution in [0.15, 0.2) is 24.3 Å². The van der Waals surface area contributed by atoms with E-state index in [1.807, 2.05) is 52.0 Å². The van der Waals surface area contributed by atoms with Crippen LogP contribution in [0.4, 0.5) is 4.79 Å². The van der Waals surface area contributed by atoms with Crippen LogP contribution in [0.5, 0.6) is 0 Å². The molecule has 1 rings (SSSR count). The summed E-state index contributed by atoms with van der Waals surface area (Å²) in [6.07, 6.45) is 3.38. The largest absolute Gasteiger partial charge is 0.444 e. The van der Waals surface area contributed by atoms with E-state index in [2.05, 4.69) is 24.5 Å². The van der Waals surface area contributed by atoms with Crippen LogP contribution in [0, 0.1) is 5.92 Å². The maximum absolute atomic E-state index is 14.1. The predicted molar refractivity (Wildman–Crippen MR) is 146 cm³/mol. The van der Waals surface area contributed by atoms with Crippen molar-refractivity contribution in [1.29, 1.82) is 0 Å². The number of unbranched alkanes of at least 4 members (excludes halogenated alkanes) is 2. The number of aryl methyl sites for hydroxylation is 1. The first-order valence-corrected chi connectivity index (χ1v) is 13.5. The van der Waals surface area contributed by atoms with Crippen LogP contribution >= 0.6 is 0 Å². The molecule has 0 aliphatic rings. The van der Waals surface area contributed by atoms with E-state index in [-0.39, 0.29) is 23.8 Å². The molecule has 0 saturated heterocycles. The van der Waals surface area contributed by atoms with Crippen molar-refractivity contribution >= 4 is 17.9 Å². The van der Waals surface area contributed by atoms with Gasteiger partial charge in [-0.05, 0) is 70.9 Å². The van der Waals surface area contributed by atoms with Gasteiger partial charge in [-0.1, -0.05) is 64.8 Å². The summed E-state index contributed by atoms with van der Waals surface area (Å²) in [6.45, 7) is 17.8. The van der Waals surface area contributed by atoms with E-state index >= 15 is 0 Å². The van der Waals surface area contributed by atoms with Gasteiger partial charge in [0.15, 0.2) is 0 Å². The minimum Gasteiger partial charge on any atom is -0.444 e. The number of hydrogen-bond acceptors (Lipinski definition) is 4. The molecule has 1 aromatic rings. The van der Waals surface area contributed by atoms with Gasteiger partial charge in [0, 0.05) is 12.6 Å². The number of hydrogen-bond donors (Lipinski definition) is 2. The fourth-order valence-electron chi connectivity index (χ4n) is 4.01. The third-order valence-corrected chi connectivity index (χ3v) is 5.68. The summed E-state index contributed by atoms with van der Waals surface area (Å²) in [6, 6.07) is 6.20. The van der Waals surface area contributed by atoms with Gasteiger partial charge >= 0.3 is 6.09 Å². The van der Waals surface area contributed by atoms with Crippen molar-refractivity contribution in [2.45, 2.75) is 118 Å². The van der Waals surface area contributed by atoms with Gasteiger partial charge in [-0.15, -0.1) is 0 Å². The standard InChI is InChI=1S/C29H49N3O4/c1-10-12-13-18-32(27(34)24(19-20(3)4)31-28(35)36-29(7,8)9)25(26(33)30-21(5)6)23-16-14-22(11-2)15-17-23/h14-17,20-21,24-25H,10-13,18-19H2,1-9H3,(H,30,33)(H,31,35). The topological polar surface area (TPSA) is 87.7 Å². The number of rotatable bonds is 13. The molecule has 0 fully saturated rings. The Hall–Kier alpha value is -2.57. The summed E-state index contributed by atoms with van der Waals surface area (Å²) in [5, 5.41) is 5.80. The molecule has 0 heterocycles. The zero-order chi connectivity index (χ0) is 27.5. The van der Waals surface area contributed by atoms with E-state index in [0.29, 0.717) is 13.0 Å². The van der Waals surface area contributed by atoms with Crippen LogP contribution in [-0.4, -0.2) is 47.0 Å². The second-order valence-corrected chi connectivity index (χ2v) is 11.2. The molecule has 1 aromatic carbocycles. The summed E-state index contributed by atoms with van der Waals surface area (Å²) in [4.78, 5) is 41.9. The highest BCUT2D eigenvalue weighted by Crippen LogP contribution is 2.25. The Morgan fingerprint density at radius 3 is 2.03 bits per heavy atom. The van der Waals surface area contributed by atoms with Gasteiger partial charge in [0.05, 0.1) is 0 Å². The molecule has 3 amide bonds. The van der Waals surface area contributed by atoms with Crippen molar-refractivity contribution in [3.05, 3.63) is 35.4 Å². The Morgan fingerprint density at radius 1 is 0.944 bits per heavy atom. The molecule has 0 bridgehead atoms. The Balaban J connectivity index is 3.47. The monoisotopic (exact) mass is 503 g/mol. The fraction of sp³-hybridized carbons (Fsp3) is 0.690. The summed E-state index contributed by atoms with van der Waals surface area (Å²) in [5.74, 6) is -0.341. The van der Waals surface area contributed by atoms with Gasteiger partial charge in [-0.3, -0.25) is 9.59 Å². The number of carbonyl (C=O) groups excluding carboxylic acids is 3. The van der Waals surface area contributed by atoms with Crippen LogP contribution < -0.4 is 10.6 Å². The number of nitrogens with zero attached hydrogens (tertiary/aromatic N) is 1. The maximum atomic E-state index is 14.1. The third kappa shape index (κ3) is 11.0. The van der Waals surface area contributed by atoms with Gasteiger partial charge in [0.2, 0.25) is 11.8 Å². The smallest absolute Gasteiger partial charge is 0.408 e. The average molecular weight is 504 g/mol. The highest BCUT2D eigenvalue weighted by atomic mass is 16.6. The molecule has 2 atom stereocenters. The van der Waals surface area contributed by atoms with Gasteiger partial charge in [-0.25, -0.2) is 4.79 Å². The second-order valence-electron chi connectivity index (χ2n) is 11.2. The number of carbonyl (C=O) groups is 3. The van der Waals surface area contributed by atoms with E-state index in [1.165, 1.54) is 0 Å². The zero-order valence-corrected chi connectivity index (χ0v) is 23.9. The van der Waals surface area contributed by atoms with Crippen LogP contribution in [-0.2, 0) is 20.7 Å². The molecule has 0 spiro atoms. The highest BCUT2D eigenvalue weighted by Gasteiger charge is 2.36. The lowest BCUT2D eigenvalue weighted by Gasteiger charge is -2.35. The normalized spacial score (nSPS) is 13.3. The molecule has 7 nitrogen and oxygen atoms in total. The van der Waals surface area contributed by atoms with Gasteiger partial charge < -0.3 is 20.3 Å². The van der Waals surface area contributed by atoms with E-state index in [0.717, 1.165) is 36.8 Å². The molecule has 0 aromatic heterocycles. The Kier molecular flexibility index (Phi) is 13.0. The Labute approximate surface area is 218 Å². The molecular formula is C29H49N3O4. The van der Waals surface area contributed by atoms with E-state index < -0.39 is 23.8 Å². The lowest BCUT2D eigenvalue weighted by atomic mass is 9.97. The first-order chi connectivity index (χ1) is 16.8. The summed E-state index contributed by atoms with van der Waals surface area (Å²) >= 11 is 0. The molecule has 7 heteroatoms. The molecule has 204 valence electrons. The maximum Gasteiger partial charge on any atom is 0.408 e. The minimum atomic E-state index is -0.800. The lowest BCUT2D eigenvalue weighted by molar-refractivity contribution is -0.143. The molecule has 0 saturated carbocycles. The number of nitrogens with one attached hydrogen (secondary N) is 2. The van der Waals surface area contributed by atoms with Crippen molar-refractivity contribution < 1.29 is 19.1 Å². The van der Waals surface area contributed by atoms with Crippen LogP contribution in [0.25, 0.3) is 0 Å². The highest BCUT2D eigenvalue weighted by molar-refractivity contribution is 5.92. The minimum absolute atomic E-state index is 0.0751. The van der Waals surface area contributed by atoms with Crippen molar-refractivity contribution in [2.24, 2.45) is 5.92 Å². The van der Waals surface area contributed by atoms with Crippen molar-refractivity contribution in [3.63, 3.8) is 0 Å². The van der Waals surface area contributed by atoms with Crippen molar-refractivity contribution in [3.8, 4) is 0 Å². The van der Waals surface area contributed by atoms with Gasteiger partial charge in [0.25, 0.3) is 0 Å². The summed E-state index contributed by atoms with van der Waals surface area (Å²) in [5.41, 5.74) is 1.24. The first kappa shape index (κ1) is 31.5. The lowest BCUT2D eigenvalue weighted by Crippen LogP contribution is -2.54. The van der Waals surface area contributed by atoms with E-state index in [1.54, 1.807) is 25.7 Å². The zero-order valence-electron chi connectivity index (χ0n) is 23.9. The van der Waals surface area contributed by atoms with Crippen molar-refractivity contribution in [1.82, 2.24) is 15.5 Å². The van der Waals surface area contributed by atoms with Crippen LogP contribution in [0.1, 0.15) is 105 Å². The summed E-state index contributed by atoms with van der Waals surface area (Å²) in [7, 11) is 0. The molecule has 2 unspecified atom stereocenters. The third-order valence-electron chi connectivity index (χ3n) is 5.68. The molecule has 36 heavy (non-hydrogen) atoms. The van der Waals surface area contributed by atoms with Gasteiger partial charge in [0.1, 0.15) is 17.7 Å². The quantitative estimate of drug-likeness (QED) is 0.334. The second kappa shape index (κ2) is 14.9. The molecule has 0 aliphatic heterocycles. The first-order valence-electron chi connectivity index (χ1n) is 13.5. The van der Waals surface area contributed by atoms with Crippen LogP contribution in [0.3, 0.4) is 0 Å². The number of amides is 3. The Bertz CT molecular complexity index is 828. The SMILES string of the molecule is CCCCCN(C(=O)C(CC(C)C)NC(=O)OC(C)(C)C)C(C(=O)NC(C)C)c1ccc(CC)cc1. The molecule has 0 aliphatic carbocycles. The Morgan fingerprint density at radius 2 is 1.56 bits per heavy atom. The molecule has 0 radical (unpaired) electrons. The fourth-order valence-corrected chi connectivity index (χ4v) is 4.01. The van der Waals surface area contributed by atoms with Gasteiger partial charge in [-0.2, -0.15) is 0 Å². The number of ether oxygens (including phenoxy) is 1. The van der Waals surface area contributed by atoms with Crippen molar-refractivity contribution in [2.75, 3.05) is 6.54 Å². The summed E-state index contributed by atoms with van der Waals surface area (Å²) < 4.78 is 5.45. The number of benzene rings is 1. The number of alkyl carbamates (subject to hydrolysis) is 1. The van der Waals surface area contributed by atoms with Crippen LogP contribution in [0.2, 0.25) is 0 Å².